The van der Waals surface area contributed by atoms with Crippen molar-refractivity contribution >= 4 is 16.4 Å². The highest BCUT2D eigenvalue weighted by Gasteiger charge is 2.48. The molecule has 1 rings (SSSR count). The smallest absolute Gasteiger partial charge is 0.397 e. The van der Waals surface area contributed by atoms with E-state index in [4.69, 9.17) is 18.9 Å². The van der Waals surface area contributed by atoms with Gasteiger partial charge in [-0.25, -0.2) is 4.18 Å². The lowest BCUT2D eigenvalue weighted by Crippen LogP contribution is -2.60. The monoisotopic (exact) mass is 979 g/mol. The fourth-order valence-electron chi connectivity index (χ4n) is 7.55. The maximum Gasteiger partial charge on any atom is 0.397 e. The molecule has 0 aromatic carbocycles. The zero-order chi connectivity index (χ0) is 49.6. The van der Waals surface area contributed by atoms with E-state index < -0.39 is 59.8 Å². The second kappa shape index (κ2) is 45.4. The van der Waals surface area contributed by atoms with Crippen LogP contribution in [0.2, 0.25) is 0 Å². The first kappa shape index (κ1) is 63.3. The van der Waals surface area contributed by atoms with Gasteiger partial charge in [-0.3, -0.25) is 9.35 Å². The predicted octanol–water partition coefficient (Wildman–Crippen LogP) is 12.4. The molecule has 6 atom stereocenters. The Morgan fingerprint density at radius 2 is 1.01 bits per heavy atom. The summed E-state index contributed by atoms with van der Waals surface area (Å²) in [5.41, 5.74) is 0. The minimum absolute atomic E-state index is 0.0124. The molecule has 68 heavy (non-hydrogen) atoms. The number of ether oxygens (including phenoxy) is 4. The number of hydrogen-bond acceptors (Lipinski definition) is 11. The molecule has 1 fully saturated rings. The van der Waals surface area contributed by atoms with E-state index in [1.807, 2.05) is 0 Å². The van der Waals surface area contributed by atoms with Crippen LogP contribution in [0, 0.1) is 0 Å². The van der Waals surface area contributed by atoms with Gasteiger partial charge in [-0.15, -0.1) is 0 Å². The summed E-state index contributed by atoms with van der Waals surface area (Å²) < 4.78 is 59.3. The van der Waals surface area contributed by atoms with Crippen LogP contribution in [0.4, 0.5) is 0 Å². The number of allylic oxidation sites excluding steroid dienone is 14. The molecule has 392 valence electrons. The van der Waals surface area contributed by atoms with E-state index in [-0.39, 0.29) is 19.6 Å². The van der Waals surface area contributed by atoms with Crippen molar-refractivity contribution in [2.24, 2.45) is 0 Å². The average molecular weight is 979 g/mol. The van der Waals surface area contributed by atoms with Crippen LogP contribution in [-0.4, -0.2) is 97.5 Å². The molecule has 0 amide bonds. The van der Waals surface area contributed by atoms with Crippen LogP contribution in [0.3, 0.4) is 0 Å². The molecule has 0 radical (unpaired) electrons. The van der Waals surface area contributed by atoms with Crippen LogP contribution >= 0.6 is 0 Å². The molecule has 4 N–H and O–H groups in total. The lowest BCUT2D eigenvalue weighted by atomic mass is 9.99. The third kappa shape index (κ3) is 38.1. The van der Waals surface area contributed by atoms with Gasteiger partial charge in [0.2, 0.25) is 0 Å². The van der Waals surface area contributed by atoms with Crippen molar-refractivity contribution in [3.8, 4) is 0 Å². The summed E-state index contributed by atoms with van der Waals surface area (Å²) in [6.07, 6.45) is 51.8. The number of carbonyl (C=O) groups excluding carboxylic acids is 1. The van der Waals surface area contributed by atoms with Crippen LogP contribution in [0.1, 0.15) is 194 Å². The molecule has 1 saturated heterocycles. The van der Waals surface area contributed by atoms with E-state index in [0.717, 1.165) is 96.3 Å². The van der Waals surface area contributed by atoms with Crippen molar-refractivity contribution < 1.29 is 56.2 Å². The topological polar surface area (TPSA) is 178 Å². The number of rotatable bonds is 45. The molecule has 0 aromatic heterocycles. The summed E-state index contributed by atoms with van der Waals surface area (Å²) in [5, 5.41) is 30.8. The predicted molar refractivity (Wildman–Crippen MR) is 275 cm³/mol. The van der Waals surface area contributed by atoms with Crippen LogP contribution in [0.15, 0.2) is 85.1 Å². The van der Waals surface area contributed by atoms with Crippen molar-refractivity contribution in [2.75, 3.05) is 26.4 Å². The molecule has 1 heterocycles. The second-order valence-corrected chi connectivity index (χ2v) is 18.8. The normalized spacial score (nSPS) is 20.0. The molecule has 13 heteroatoms. The Morgan fingerprint density at radius 1 is 0.574 bits per heavy atom. The Hall–Kier alpha value is -2.72. The number of esters is 1. The Morgan fingerprint density at radius 3 is 1.49 bits per heavy atom. The highest BCUT2D eigenvalue weighted by molar-refractivity contribution is 7.80. The van der Waals surface area contributed by atoms with Crippen LogP contribution in [0.25, 0.3) is 0 Å². The van der Waals surface area contributed by atoms with E-state index in [9.17, 15) is 33.1 Å². The number of hydrogen-bond donors (Lipinski definition) is 4. The highest BCUT2D eigenvalue weighted by atomic mass is 32.3. The van der Waals surface area contributed by atoms with Crippen LogP contribution in [0.5, 0.6) is 0 Å². The first-order chi connectivity index (χ1) is 33.1. The maximum absolute atomic E-state index is 12.9. The summed E-state index contributed by atoms with van der Waals surface area (Å²) in [6, 6.07) is 0. The largest absolute Gasteiger partial charge is 0.457 e. The van der Waals surface area contributed by atoms with E-state index in [0.29, 0.717) is 13.0 Å². The van der Waals surface area contributed by atoms with Crippen molar-refractivity contribution in [1.82, 2.24) is 0 Å². The fraction of sp³-hybridized carbons (Fsp3) is 0.727. The summed E-state index contributed by atoms with van der Waals surface area (Å²) in [7, 11) is -5.07. The summed E-state index contributed by atoms with van der Waals surface area (Å²) in [5.74, 6) is -0.415. The van der Waals surface area contributed by atoms with Crippen LogP contribution < -0.4 is 0 Å². The highest BCUT2D eigenvalue weighted by Crippen LogP contribution is 2.26. The van der Waals surface area contributed by atoms with Gasteiger partial charge in [-0.05, 0) is 89.9 Å². The average Bonchev–Trinajstić information content (AvgIpc) is 3.31. The Bertz CT molecular complexity index is 1500. The first-order valence-corrected chi connectivity index (χ1v) is 27.7. The number of aliphatic hydroxyl groups is 3. The summed E-state index contributed by atoms with van der Waals surface area (Å²) in [4.78, 5) is 12.9. The van der Waals surface area contributed by atoms with E-state index in [1.165, 1.54) is 70.6 Å². The minimum atomic E-state index is -5.07. The molecule has 0 spiro atoms. The SMILES string of the molecule is CC/C=C\C/C=C\C/C=C\C/C=C\C/C=C\CCCCCCOCC(COC1OC(CO)C(O)C(OS(=O)(=O)O)C1O)OC(=O)CCCCCCCCCCC/C=C\C/C=C\CCCCCCC. The molecule has 0 bridgehead atoms. The Balaban J connectivity index is 2.39. The van der Waals surface area contributed by atoms with Gasteiger partial charge in [-0.2, -0.15) is 8.42 Å². The zero-order valence-corrected chi connectivity index (χ0v) is 43.0. The van der Waals surface area contributed by atoms with Crippen molar-refractivity contribution in [3.63, 3.8) is 0 Å². The third-order valence-corrected chi connectivity index (χ3v) is 12.0. The molecule has 6 unspecified atom stereocenters. The van der Waals surface area contributed by atoms with E-state index in [2.05, 4.69) is 103 Å². The molecule has 0 aliphatic carbocycles. The Kier molecular flexibility index (Phi) is 42.3. The second-order valence-electron chi connectivity index (χ2n) is 17.7. The quantitative estimate of drug-likeness (QED) is 0.0197. The standard InChI is InChI=1S/C55H94O12S/c1-3-5-7-9-11-13-15-17-19-21-23-25-26-28-30-32-34-36-38-40-42-44-51(57)65-49(48-64-55-53(59)54(67-68(60,61)62)52(58)50(46-56)66-55)47-63-45-43-41-39-37-35-33-31-29-27-24-22-20-18-16-14-12-10-8-6-4-2/h6,8,12,14-15,17-18,20-21,23-24,27,31,33,49-50,52-56,58-59H,3-5,7,9-11,13,16,19,22,25-26,28-30,32,34-48H2,1-2H3,(H,60,61,62)/b8-6-,14-12-,17-15-,20-18-,23-21-,27-24-,33-31-. The lowest BCUT2D eigenvalue weighted by Gasteiger charge is -2.41. The van der Waals surface area contributed by atoms with Gasteiger partial charge in [-0.1, -0.05) is 182 Å². The van der Waals surface area contributed by atoms with Gasteiger partial charge in [0, 0.05) is 13.0 Å². The van der Waals surface area contributed by atoms with Gasteiger partial charge < -0.3 is 34.3 Å². The molecule has 0 saturated carbocycles. The van der Waals surface area contributed by atoms with Crippen molar-refractivity contribution in [2.45, 2.75) is 230 Å². The van der Waals surface area contributed by atoms with Gasteiger partial charge >= 0.3 is 16.4 Å². The van der Waals surface area contributed by atoms with Gasteiger partial charge in [0.05, 0.1) is 19.8 Å². The summed E-state index contributed by atoms with van der Waals surface area (Å²) >= 11 is 0. The number of unbranched alkanes of at least 4 members (excludes halogenated alkanes) is 18. The van der Waals surface area contributed by atoms with Crippen molar-refractivity contribution in [1.29, 1.82) is 0 Å². The zero-order valence-electron chi connectivity index (χ0n) is 42.1. The first-order valence-electron chi connectivity index (χ1n) is 26.3. The van der Waals surface area contributed by atoms with Crippen molar-refractivity contribution in [3.05, 3.63) is 85.1 Å². The number of aliphatic hydroxyl groups excluding tert-OH is 3. The Labute approximate surface area is 413 Å². The van der Waals surface area contributed by atoms with Gasteiger partial charge in [0.15, 0.2) is 6.29 Å². The number of carbonyl (C=O) groups is 1. The third-order valence-electron chi connectivity index (χ3n) is 11.5. The molecule has 1 aliphatic rings. The minimum Gasteiger partial charge on any atom is -0.457 e. The van der Waals surface area contributed by atoms with E-state index in [1.54, 1.807) is 0 Å². The van der Waals surface area contributed by atoms with E-state index >= 15 is 0 Å². The lowest BCUT2D eigenvalue weighted by molar-refractivity contribution is -0.301. The van der Waals surface area contributed by atoms with Crippen LogP contribution in [-0.2, 0) is 38.3 Å². The molecular weight excluding hydrogens is 885 g/mol. The molecule has 1 aliphatic heterocycles. The molecule has 12 nitrogen and oxygen atoms in total. The molecule has 0 aromatic rings. The fourth-order valence-corrected chi connectivity index (χ4v) is 8.06. The molecular formula is C55H94O12S. The summed E-state index contributed by atoms with van der Waals surface area (Å²) in [6.45, 7) is 3.80. The van der Waals surface area contributed by atoms with Gasteiger partial charge in [0.1, 0.15) is 30.5 Å². The van der Waals surface area contributed by atoms with Gasteiger partial charge in [0.25, 0.3) is 0 Å². The maximum atomic E-state index is 12.9.